The van der Waals surface area contributed by atoms with Crippen LogP contribution in [0, 0.1) is 0 Å². The number of carbonyl (C=O) groups is 2. The Kier molecular flexibility index (Phi) is 4.65. The van der Waals surface area contributed by atoms with E-state index in [1.54, 1.807) is 11.3 Å². The van der Waals surface area contributed by atoms with Crippen molar-refractivity contribution in [2.45, 2.75) is 50.6 Å². The minimum absolute atomic E-state index is 0.000272. The fourth-order valence-corrected chi connectivity index (χ4v) is 3.36. The van der Waals surface area contributed by atoms with Crippen molar-refractivity contribution in [3.05, 3.63) is 22.4 Å². The minimum Gasteiger partial charge on any atom is -0.481 e. The summed E-state index contributed by atoms with van der Waals surface area (Å²) in [6, 6.07) is 3.78. The minimum atomic E-state index is -0.864. The highest BCUT2D eigenvalue weighted by Crippen LogP contribution is 2.34. The van der Waals surface area contributed by atoms with Gasteiger partial charge in [-0.25, -0.2) is 4.79 Å². The number of aliphatic carboxylic acids is 1. The molecule has 1 unspecified atom stereocenters. The number of urea groups is 1. The van der Waals surface area contributed by atoms with Crippen LogP contribution in [0.4, 0.5) is 4.79 Å². The van der Waals surface area contributed by atoms with Crippen LogP contribution in [0.2, 0.25) is 0 Å². The Balaban J connectivity index is 1.80. The predicted molar refractivity (Wildman–Crippen MR) is 78.0 cm³/mol. The summed E-state index contributed by atoms with van der Waals surface area (Å²) in [6.07, 6.45) is 3.24. The average molecular weight is 296 g/mol. The predicted octanol–water partition coefficient (Wildman–Crippen LogP) is 2.38. The lowest BCUT2D eigenvalue weighted by molar-refractivity contribution is -0.139. The number of hydrogen-bond donors (Lipinski definition) is 3. The number of rotatable bonds is 6. The molecule has 0 aromatic carbocycles. The van der Waals surface area contributed by atoms with Crippen LogP contribution in [0.25, 0.3) is 0 Å². The number of amides is 2. The van der Waals surface area contributed by atoms with Crippen LogP contribution < -0.4 is 10.6 Å². The van der Waals surface area contributed by atoms with Crippen LogP contribution in [-0.2, 0) is 11.2 Å². The van der Waals surface area contributed by atoms with Gasteiger partial charge in [0.25, 0.3) is 0 Å². The first-order chi connectivity index (χ1) is 9.49. The summed E-state index contributed by atoms with van der Waals surface area (Å²) in [5.41, 5.74) is -0.543. The fraction of sp³-hybridized carbons (Fsp3) is 0.571. The van der Waals surface area contributed by atoms with Gasteiger partial charge in [-0.15, -0.1) is 11.3 Å². The number of hydrogen-bond acceptors (Lipinski definition) is 3. The monoisotopic (exact) mass is 296 g/mol. The summed E-state index contributed by atoms with van der Waals surface area (Å²) in [5.74, 6) is -0.864. The number of nitrogens with one attached hydrogen (secondary N) is 2. The second-order valence-electron chi connectivity index (χ2n) is 5.49. The number of carboxylic acids is 1. The largest absolute Gasteiger partial charge is 0.481 e. The maximum absolute atomic E-state index is 12.0. The van der Waals surface area contributed by atoms with E-state index in [1.807, 2.05) is 24.4 Å². The molecule has 2 amide bonds. The molecule has 6 heteroatoms. The SMILES string of the molecule is CC(Cc1cccs1)NC(=O)NC1(CC(=O)O)CCC1. The maximum atomic E-state index is 12.0. The number of thiophene rings is 1. The van der Waals surface area contributed by atoms with E-state index >= 15 is 0 Å². The standard InChI is InChI=1S/C14H20N2O3S/c1-10(8-11-4-2-7-20-11)15-13(19)16-14(5-3-6-14)9-12(17)18/h2,4,7,10H,3,5-6,8-9H2,1H3,(H,17,18)(H2,15,16,19). The van der Waals surface area contributed by atoms with Gasteiger partial charge in [0.2, 0.25) is 0 Å². The van der Waals surface area contributed by atoms with E-state index in [0.29, 0.717) is 0 Å². The normalized spacial score (nSPS) is 17.9. The Hall–Kier alpha value is -1.56. The highest BCUT2D eigenvalue weighted by Gasteiger charge is 2.40. The quantitative estimate of drug-likeness (QED) is 0.754. The van der Waals surface area contributed by atoms with Crippen LogP contribution in [0.1, 0.15) is 37.5 Å². The Labute approximate surface area is 122 Å². The zero-order valence-corrected chi connectivity index (χ0v) is 12.3. The lowest BCUT2D eigenvalue weighted by Gasteiger charge is -2.41. The topological polar surface area (TPSA) is 78.4 Å². The molecule has 0 aliphatic heterocycles. The lowest BCUT2D eigenvalue weighted by Crippen LogP contribution is -2.58. The van der Waals surface area contributed by atoms with Crippen molar-refractivity contribution in [2.24, 2.45) is 0 Å². The highest BCUT2D eigenvalue weighted by molar-refractivity contribution is 7.09. The van der Waals surface area contributed by atoms with E-state index in [2.05, 4.69) is 10.6 Å². The van der Waals surface area contributed by atoms with Crippen molar-refractivity contribution in [1.82, 2.24) is 10.6 Å². The lowest BCUT2D eigenvalue weighted by atomic mass is 9.74. The maximum Gasteiger partial charge on any atom is 0.315 e. The number of carbonyl (C=O) groups excluding carboxylic acids is 1. The molecule has 1 aromatic rings. The third kappa shape index (κ3) is 3.96. The van der Waals surface area contributed by atoms with E-state index in [1.165, 1.54) is 4.88 Å². The highest BCUT2D eigenvalue weighted by atomic mass is 32.1. The van der Waals surface area contributed by atoms with Gasteiger partial charge in [0.1, 0.15) is 0 Å². The molecule has 1 saturated carbocycles. The molecule has 1 heterocycles. The summed E-state index contributed by atoms with van der Waals surface area (Å²) in [4.78, 5) is 24.0. The van der Waals surface area contributed by atoms with Crippen molar-refractivity contribution in [2.75, 3.05) is 0 Å². The first-order valence-corrected chi connectivity index (χ1v) is 7.70. The van der Waals surface area contributed by atoms with Gasteiger partial charge in [-0.3, -0.25) is 4.79 Å². The van der Waals surface area contributed by atoms with Gasteiger partial charge < -0.3 is 15.7 Å². The Bertz CT molecular complexity index is 469. The van der Waals surface area contributed by atoms with Gasteiger partial charge in [0, 0.05) is 17.3 Å². The van der Waals surface area contributed by atoms with Gasteiger partial charge in [-0.05, 0) is 37.6 Å². The fourth-order valence-electron chi connectivity index (χ4n) is 2.52. The second-order valence-corrected chi connectivity index (χ2v) is 6.52. The Morgan fingerprint density at radius 3 is 2.75 bits per heavy atom. The third-order valence-corrected chi connectivity index (χ3v) is 4.54. The van der Waals surface area contributed by atoms with Crippen LogP contribution in [0.5, 0.6) is 0 Å². The van der Waals surface area contributed by atoms with Crippen molar-refractivity contribution in [3.63, 3.8) is 0 Å². The van der Waals surface area contributed by atoms with Gasteiger partial charge >= 0.3 is 12.0 Å². The summed E-state index contributed by atoms with van der Waals surface area (Å²) in [7, 11) is 0. The van der Waals surface area contributed by atoms with Gasteiger partial charge in [0.05, 0.1) is 12.0 Å². The van der Waals surface area contributed by atoms with Gasteiger partial charge in [-0.2, -0.15) is 0 Å². The molecule has 2 rings (SSSR count). The molecule has 3 N–H and O–H groups in total. The number of carboxylic acid groups (broad SMARTS) is 1. The molecular formula is C14H20N2O3S. The molecule has 0 saturated heterocycles. The zero-order valence-electron chi connectivity index (χ0n) is 11.5. The van der Waals surface area contributed by atoms with E-state index < -0.39 is 11.5 Å². The summed E-state index contributed by atoms with van der Waals surface area (Å²) in [5, 5.41) is 16.6. The smallest absolute Gasteiger partial charge is 0.315 e. The molecule has 1 aromatic heterocycles. The second kappa shape index (κ2) is 6.26. The molecule has 5 nitrogen and oxygen atoms in total. The van der Waals surface area contributed by atoms with Crippen molar-refractivity contribution in [1.29, 1.82) is 0 Å². The van der Waals surface area contributed by atoms with Crippen LogP contribution >= 0.6 is 11.3 Å². The average Bonchev–Trinajstić information content (AvgIpc) is 2.77. The van der Waals surface area contributed by atoms with Crippen LogP contribution in [0.15, 0.2) is 17.5 Å². The molecule has 110 valence electrons. The summed E-state index contributed by atoms with van der Waals surface area (Å²) >= 11 is 1.67. The van der Waals surface area contributed by atoms with Crippen molar-refractivity contribution < 1.29 is 14.7 Å². The molecule has 1 fully saturated rings. The molecule has 0 bridgehead atoms. The first-order valence-electron chi connectivity index (χ1n) is 6.82. The molecular weight excluding hydrogens is 276 g/mol. The molecule has 0 spiro atoms. The Morgan fingerprint density at radius 1 is 1.50 bits per heavy atom. The zero-order chi connectivity index (χ0) is 14.6. The van der Waals surface area contributed by atoms with E-state index in [4.69, 9.17) is 5.11 Å². The molecule has 1 aliphatic rings. The molecule has 20 heavy (non-hydrogen) atoms. The molecule has 1 aliphatic carbocycles. The first kappa shape index (κ1) is 14.8. The third-order valence-electron chi connectivity index (χ3n) is 3.64. The van der Waals surface area contributed by atoms with Crippen molar-refractivity contribution >= 4 is 23.3 Å². The van der Waals surface area contributed by atoms with E-state index in [0.717, 1.165) is 25.7 Å². The summed E-state index contributed by atoms with van der Waals surface area (Å²) in [6.45, 7) is 1.95. The van der Waals surface area contributed by atoms with Crippen LogP contribution in [-0.4, -0.2) is 28.7 Å². The Morgan fingerprint density at radius 2 is 2.25 bits per heavy atom. The van der Waals surface area contributed by atoms with Gasteiger partial charge in [0.15, 0.2) is 0 Å². The molecule has 1 atom stereocenters. The molecule has 0 radical (unpaired) electrons. The van der Waals surface area contributed by atoms with Crippen LogP contribution in [0.3, 0.4) is 0 Å². The van der Waals surface area contributed by atoms with E-state index in [9.17, 15) is 9.59 Å². The van der Waals surface area contributed by atoms with E-state index in [-0.39, 0.29) is 18.5 Å². The van der Waals surface area contributed by atoms with Crippen molar-refractivity contribution in [3.8, 4) is 0 Å². The summed E-state index contributed by atoms with van der Waals surface area (Å²) < 4.78 is 0. The van der Waals surface area contributed by atoms with Gasteiger partial charge in [-0.1, -0.05) is 6.07 Å².